The van der Waals surface area contributed by atoms with Gasteiger partial charge in [-0.25, -0.2) is 5.43 Å². The summed E-state index contributed by atoms with van der Waals surface area (Å²) in [5, 5.41) is 1.13. The summed E-state index contributed by atoms with van der Waals surface area (Å²) in [5.41, 5.74) is 6.18. The van der Waals surface area contributed by atoms with Gasteiger partial charge in [0, 0.05) is 15.2 Å². The van der Waals surface area contributed by atoms with Crippen molar-refractivity contribution in [1.82, 2.24) is 10.4 Å². The second kappa shape index (κ2) is 5.87. The van der Waals surface area contributed by atoms with Crippen molar-refractivity contribution in [2.45, 2.75) is 6.04 Å². The predicted octanol–water partition coefficient (Wildman–Crippen LogP) is 3.39. The van der Waals surface area contributed by atoms with Crippen LogP contribution in [0.1, 0.15) is 17.2 Å². The Morgan fingerprint density at radius 3 is 2.70 bits per heavy atom. The van der Waals surface area contributed by atoms with E-state index in [9.17, 15) is 0 Å². The Kier molecular flexibility index (Phi) is 3.95. The maximum atomic E-state index is 5.78. The highest BCUT2D eigenvalue weighted by molar-refractivity contribution is 14.1. The van der Waals surface area contributed by atoms with Gasteiger partial charge in [0.15, 0.2) is 0 Å². The lowest BCUT2D eigenvalue weighted by atomic mass is 9.98. The number of halogens is 1. The molecular weight excluding hydrogens is 361 g/mol. The fourth-order valence-corrected chi connectivity index (χ4v) is 3.04. The Morgan fingerprint density at radius 1 is 1.05 bits per heavy atom. The van der Waals surface area contributed by atoms with Gasteiger partial charge in [-0.05, 0) is 51.9 Å². The molecule has 1 unspecified atom stereocenters. The summed E-state index contributed by atoms with van der Waals surface area (Å²) in [6.45, 7) is 0. The quantitative estimate of drug-likeness (QED) is 0.419. The van der Waals surface area contributed by atoms with Crippen molar-refractivity contribution in [1.29, 1.82) is 0 Å². The van der Waals surface area contributed by atoms with Crippen LogP contribution in [0.2, 0.25) is 0 Å². The van der Waals surface area contributed by atoms with E-state index >= 15 is 0 Å². The van der Waals surface area contributed by atoms with E-state index in [0.717, 1.165) is 16.5 Å². The van der Waals surface area contributed by atoms with Gasteiger partial charge in [-0.1, -0.05) is 36.4 Å². The van der Waals surface area contributed by atoms with Crippen LogP contribution in [-0.2, 0) is 0 Å². The van der Waals surface area contributed by atoms with E-state index in [1.54, 1.807) is 0 Å². The summed E-state index contributed by atoms with van der Waals surface area (Å²) in [5.74, 6) is 5.78. The lowest BCUT2D eigenvalue weighted by Crippen LogP contribution is -2.29. The molecule has 0 saturated heterocycles. The Bertz CT molecular complexity index is 742. The van der Waals surface area contributed by atoms with Gasteiger partial charge < -0.3 is 0 Å². The monoisotopic (exact) mass is 375 g/mol. The highest BCUT2D eigenvalue weighted by atomic mass is 127. The molecule has 4 heteroatoms. The first-order valence-electron chi connectivity index (χ1n) is 6.35. The number of hydrogen-bond acceptors (Lipinski definition) is 3. The Morgan fingerprint density at radius 2 is 1.90 bits per heavy atom. The Labute approximate surface area is 131 Å². The SMILES string of the molecule is NNC(c1ccc2cccnc2c1)c1ccccc1I. The van der Waals surface area contributed by atoms with Crippen molar-refractivity contribution < 1.29 is 0 Å². The molecule has 3 N–H and O–H groups in total. The molecular formula is C16H14IN3. The maximum absolute atomic E-state index is 5.78. The van der Waals surface area contributed by atoms with E-state index in [0.29, 0.717) is 0 Å². The molecule has 3 aromatic rings. The second-order valence-corrected chi connectivity index (χ2v) is 5.74. The van der Waals surface area contributed by atoms with Crippen LogP contribution in [0.25, 0.3) is 10.9 Å². The zero-order valence-electron chi connectivity index (χ0n) is 10.8. The minimum atomic E-state index is -0.0329. The number of nitrogens with one attached hydrogen (secondary N) is 1. The average Bonchev–Trinajstić information content (AvgIpc) is 2.50. The summed E-state index contributed by atoms with van der Waals surface area (Å²) in [6.07, 6.45) is 1.81. The van der Waals surface area contributed by atoms with Gasteiger partial charge in [-0.15, -0.1) is 0 Å². The number of pyridine rings is 1. The third-order valence-electron chi connectivity index (χ3n) is 3.35. The predicted molar refractivity (Wildman–Crippen MR) is 90.1 cm³/mol. The fraction of sp³-hybridized carbons (Fsp3) is 0.0625. The third-order valence-corrected chi connectivity index (χ3v) is 4.33. The van der Waals surface area contributed by atoms with E-state index in [1.165, 1.54) is 9.13 Å². The number of aromatic nitrogens is 1. The van der Waals surface area contributed by atoms with E-state index in [4.69, 9.17) is 5.84 Å². The molecule has 0 saturated carbocycles. The van der Waals surface area contributed by atoms with Crippen LogP contribution in [0, 0.1) is 3.57 Å². The second-order valence-electron chi connectivity index (χ2n) is 4.58. The van der Waals surface area contributed by atoms with Crippen LogP contribution in [0.5, 0.6) is 0 Å². The smallest absolute Gasteiger partial charge is 0.0721 e. The van der Waals surface area contributed by atoms with E-state index in [1.807, 2.05) is 24.4 Å². The molecule has 0 aliphatic rings. The third kappa shape index (κ3) is 2.54. The molecule has 0 radical (unpaired) electrons. The van der Waals surface area contributed by atoms with E-state index < -0.39 is 0 Å². The normalized spacial score (nSPS) is 12.5. The molecule has 0 fully saturated rings. The number of nitrogens with zero attached hydrogens (tertiary/aromatic N) is 1. The Balaban J connectivity index is 2.10. The summed E-state index contributed by atoms with van der Waals surface area (Å²) in [4.78, 5) is 4.40. The molecule has 100 valence electrons. The summed E-state index contributed by atoms with van der Waals surface area (Å²) in [7, 11) is 0. The van der Waals surface area contributed by atoms with Crippen LogP contribution in [-0.4, -0.2) is 4.98 Å². The zero-order chi connectivity index (χ0) is 13.9. The van der Waals surface area contributed by atoms with Crippen LogP contribution >= 0.6 is 22.6 Å². The molecule has 20 heavy (non-hydrogen) atoms. The standard InChI is InChI=1S/C16H14IN3/c17-14-6-2-1-5-13(14)16(20-18)12-8-7-11-4-3-9-19-15(11)10-12/h1-10,16,20H,18H2. The molecule has 0 amide bonds. The molecule has 3 rings (SSSR count). The highest BCUT2D eigenvalue weighted by Crippen LogP contribution is 2.27. The lowest BCUT2D eigenvalue weighted by molar-refractivity contribution is 0.635. The molecule has 1 aromatic heterocycles. The molecule has 0 bridgehead atoms. The van der Waals surface area contributed by atoms with Crippen LogP contribution in [0.15, 0.2) is 60.8 Å². The first-order valence-corrected chi connectivity index (χ1v) is 7.42. The molecule has 2 aromatic carbocycles. The van der Waals surface area contributed by atoms with Gasteiger partial charge in [0.25, 0.3) is 0 Å². The average molecular weight is 375 g/mol. The molecule has 0 spiro atoms. The van der Waals surface area contributed by atoms with Crippen molar-refractivity contribution in [2.24, 2.45) is 5.84 Å². The van der Waals surface area contributed by atoms with E-state index in [2.05, 4.69) is 69.4 Å². The molecule has 0 aliphatic heterocycles. The molecule has 0 aliphatic carbocycles. The van der Waals surface area contributed by atoms with Crippen molar-refractivity contribution in [2.75, 3.05) is 0 Å². The highest BCUT2D eigenvalue weighted by Gasteiger charge is 2.15. The topological polar surface area (TPSA) is 50.9 Å². The van der Waals surface area contributed by atoms with Gasteiger partial charge in [-0.2, -0.15) is 0 Å². The summed E-state index contributed by atoms with van der Waals surface area (Å²) in [6, 6.07) is 18.5. The minimum absolute atomic E-state index is 0.0329. The molecule has 1 heterocycles. The number of nitrogens with two attached hydrogens (primary N) is 1. The summed E-state index contributed by atoms with van der Waals surface area (Å²) >= 11 is 2.33. The Hall–Kier alpha value is -1.50. The van der Waals surface area contributed by atoms with Gasteiger partial charge in [0.2, 0.25) is 0 Å². The van der Waals surface area contributed by atoms with E-state index in [-0.39, 0.29) is 6.04 Å². The van der Waals surface area contributed by atoms with Crippen molar-refractivity contribution >= 4 is 33.5 Å². The van der Waals surface area contributed by atoms with Gasteiger partial charge in [0.05, 0.1) is 11.6 Å². The largest absolute Gasteiger partial charge is 0.271 e. The minimum Gasteiger partial charge on any atom is -0.271 e. The van der Waals surface area contributed by atoms with Gasteiger partial charge in [-0.3, -0.25) is 10.8 Å². The summed E-state index contributed by atoms with van der Waals surface area (Å²) < 4.78 is 1.19. The number of rotatable bonds is 3. The van der Waals surface area contributed by atoms with Crippen molar-refractivity contribution in [3.05, 3.63) is 75.5 Å². The maximum Gasteiger partial charge on any atom is 0.0721 e. The van der Waals surface area contributed by atoms with Crippen LogP contribution in [0.4, 0.5) is 0 Å². The first-order chi connectivity index (χ1) is 9.79. The molecule has 1 atom stereocenters. The zero-order valence-corrected chi connectivity index (χ0v) is 12.9. The number of hydrogen-bond donors (Lipinski definition) is 2. The van der Waals surface area contributed by atoms with Crippen LogP contribution < -0.4 is 11.3 Å². The lowest BCUT2D eigenvalue weighted by Gasteiger charge is -2.18. The van der Waals surface area contributed by atoms with Gasteiger partial charge >= 0.3 is 0 Å². The van der Waals surface area contributed by atoms with Crippen molar-refractivity contribution in [3.8, 4) is 0 Å². The number of benzene rings is 2. The molecule has 3 nitrogen and oxygen atoms in total. The number of hydrazine groups is 1. The van der Waals surface area contributed by atoms with Gasteiger partial charge in [0.1, 0.15) is 0 Å². The van der Waals surface area contributed by atoms with Crippen LogP contribution in [0.3, 0.4) is 0 Å². The first kappa shape index (κ1) is 13.5. The fourth-order valence-electron chi connectivity index (χ4n) is 2.34. The van der Waals surface area contributed by atoms with Crippen molar-refractivity contribution in [3.63, 3.8) is 0 Å². The number of fused-ring (bicyclic) bond motifs is 1.